The zero-order valence-electron chi connectivity index (χ0n) is 12.9. The number of aliphatic hydroxyl groups excluding tert-OH is 1. The van der Waals surface area contributed by atoms with Crippen molar-refractivity contribution in [2.24, 2.45) is 0 Å². The molecule has 1 amide bonds. The van der Waals surface area contributed by atoms with Crippen LogP contribution in [-0.4, -0.2) is 45.9 Å². The first-order valence-electron chi connectivity index (χ1n) is 6.94. The van der Waals surface area contributed by atoms with Crippen molar-refractivity contribution in [1.82, 2.24) is 14.7 Å². The van der Waals surface area contributed by atoms with Gasteiger partial charge in [-0.2, -0.15) is 5.10 Å². The highest BCUT2D eigenvalue weighted by Gasteiger charge is 2.17. The van der Waals surface area contributed by atoms with E-state index in [-0.39, 0.29) is 12.5 Å². The number of benzene rings is 1. The van der Waals surface area contributed by atoms with E-state index in [0.717, 1.165) is 22.5 Å². The smallest absolute Gasteiger partial charge is 0.274 e. The Morgan fingerprint density at radius 1 is 1.19 bits per heavy atom. The first kappa shape index (κ1) is 15.3. The van der Waals surface area contributed by atoms with E-state index in [2.05, 4.69) is 11.2 Å². The molecule has 0 aliphatic heterocycles. The maximum atomic E-state index is 12.2. The summed E-state index contributed by atoms with van der Waals surface area (Å²) in [5, 5.41) is 13.3. The second kappa shape index (κ2) is 6.10. The van der Waals surface area contributed by atoms with Crippen molar-refractivity contribution in [3.8, 4) is 5.69 Å². The van der Waals surface area contributed by atoms with E-state index in [4.69, 9.17) is 5.11 Å². The first-order chi connectivity index (χ1) is 9.92. The maximum Gasteiger partial charge on any atom is 0.274 e. The van der Waals surface area contributed by atoms with Crippen LogP contribution < -0.4 is 0 Å². The van der Waals surface area contributed by atoms with Gasteiger partial charge in [0.05, 0.1) is 12.3 Å². The summed E-state index contributed by atoms with van der Waals surface area (Å²) in [7, 11) is 1.66. The maximum absolute atomic E-state index is 12.2. The number of likely N-dealkylation sites (N-methyl/N-ethyl adjacent to an activating group) is 1. The lowest BCUT2D eigenvalue weighted by atomic mass is 10.1. The minimum Gasteiger partial charge on any atom is -0.395 e. The van der Waals surface area contributed by atoms with Gasteiger partial charge in [-0.1, -0.05) is 6.07 Å². The molecule has 112 valence electrons. The summed E-state index contributed by atoms with van der Waals surface area (Å²) in [5.74, 6) is -0.185. The highest BCUT2D eigenvalue weighted by molar-refractivity contribution is 5.92. The van der Waals surface area contributed by atoms with E-state index in [9.17, 15) is 4.79 Å². The number of aliphatic hydroxyl groups is 1. The Bertz CT molecular complexity index is 641. The van der Waals surface area contributed by atoms with Crippen molar-refractivity contribution in [2.75, 3.05) is 20.2 Å². The Morgan fingerprint density at radius 2 is 1.81 bits per heavy atom. The van der Waals surface area contributed by atoms with Gasteiger partial charge >= 0.3 is 0 Å². The molecule has 0 atom stereocenters. The fourth-order valence-electron chi connectivity index (χ4n) is 2.36. The van der Waals surface area contributed by atoms with Gasteiger partial charge in [-0.15, -0.1) is 0 Å². The zero-order valence-corrected chi connectivity index (χ0v) is 12.9. The third-order valence-electron chi connectivity index (χ3n) is 3.34. The largest absolute Gasteiger partial charge is 0.395 e. The summed E-state index contributed by atoms with van der Waals surface area (Å²) in [6, 6.07) is 7.95. The van der Waals surface area contributed by atoms with Crippen molar-refractivity contribution in [2.45, 2.75) is 20.8 Å². The molecule has 0 unspecified atom stereocenters. The van der Waals surface area contributed by atoms with Crippen LogP contribution in [0.15, 0.2) is 24.3 Å². The monoisotopic (exact) mass is 287 g/mol. The number of rotatable bonds is 4. The molecule has 1 aromatic carbocycles. The zero-order chi connectivity index (χ0) is 15.6. The van der Waals surface area contributed by atoms with Gasteiger partial charge in [0.2, 0.25) is 0 Å². The summed E-state index contributed by atoms with van der Waals surface area (Å²) in [6.07, 6.45) is 0. The summed E-state index contributed by atoms with van der Waals surface area (Å²) in [6.45, 7) is 6.24. The molecule has 0 aliphatic rings. The predicted octanol–water partition coefficient (Wildman–Crippen LogP) is 1.86. The molecule has 1 heterocycles. The second-order valence-electron chi connectivity index (χ2n) is 5.38. The molecule has 0 aliphatic carbocycles. The molecule has 0 spiro atoms. The second-order valence-corrected chi connectivity index (χ2v) is 5.38. The van der Waals surface area contributed by atoms with Crippen LogP contribution in [0.5, 0.6) is 0 Å². The molecule has 1 N–H and O–H groups in total. The molecule has 2 aromatic rings. The van der Waals surface area contributed by atoms with Crippen molar-refractivity contribution in [3.05, 3.63) is 46.8 Å². The Hall–Kier alpha value is -2.14. The normalized spacial score (nSPS) is 10.7. The van der Waals surface area contributed by atoms with Crippen LogP contribution in [0.1, 0.15) is 27.3 Å². The molecule has 0 fully saturated rings. The van der Waals surface area contributed by atoms with Crippen molar-refractivity contribution < 1.29 is 9.90 Å². The molecule has 21 heavy (non-hydrogen) atoms. The molecule has 1 aromatic heterocycles. The van der Waals surface area contributed by atoms with E-state index >= 15 is 0 Å². The topological polar surface area (TPSA) is 58.4 Å². The van der Waals surface area contributed by atoms with Crippen molar-refractivity contribution in [3.63, 3.8) is 0 Å². The van der Waals surface area contributed by atoms with Crippen molar-refractivity contribution >= 4 is 5.91 Å². The van der Waals surface area contributed by atoms with E-state index in [1.807, 2.05) is 32.9 Å². The van der Waals surface area contributed by atoms with Gasteiger partial charge in [0, 0.05) is 19.3 Å². The van der Waals surface area contributed by atoms with Gasteiger partial charge in [-0.25, -0.2) is 4.68 Å². The molecular formula is C16H21N3O2. The third-order valence-corrected chi connectivity index (χ3v) is 3.34. The highest BCUT2D eigenvalue weighted by atomic mass is 16.3. The number of hydrogen-bond acceptors (Lipinski definition) is 3. The fraction of sp³-hybridized carbons (Fsp3) is 0.375. The highest BCUT2D eigenvalue weighted by Crippen LogP contribution is 2.16. The number of nitrogens with zero attached hydrogens (tertiary/aromatic N) is 3. The molecule has 0 saturated heterocycles. The molecule has 0 saturated carbocycles. The van der Waals surface area contributed by atoms with E-state index in [1.54, 1.807) is 17.8 Å². The van der Waals surface area contributed by atoms with Crippen LogP contribution in [0.25, 0.3) is 5.69 Å². The van der Waals surface area contributed by atoms with Crippen LogP contribution >= 0.6 is 0 Å². The lowest BCUT2D eigenvalue weighted by molar-refractivity contribution is 0.0760. The van der Waals surface area contributed by atoms with E-state index < -0.39 is 0 Å². The van der Waals surface area contributed by atoms with Gasteiger partial charge < -0.3 is 10.0 Å². The Kier molecular flexibility index (Phi) is 4.43. The number of aryl methyl sites for hydroxylation is 3. The average molecular weight is 287 g/mol. The number of amides is 1. The molecule has 0 bridgehead atoms. The molecule has 5 nitrogen and oxygen atoms in total. The van der Waals surface area contributed by atoms with Gasteiger partial charge in [-0.3, -0.25) is 4.79 Å². The Balaban J connectivity index is 2.37. The summed E-state index contributed by atoms with van der Waals surface area (Å²) in [5.41, 5.74) is 4.56. The number of aromatic nitrogens is 2. The lowest BCUT2D eigenvalue weighted by Crippen LogP contribution is -2.29. The average Bonchev–Trinajstić information content (AvgIpc) is 2.79. The van der Waals surface area contributed by atoms with Crippen LogP contribution in [0, 0.1) is 20.8 Å². The molecule has 0 radical (unpaired) electrons. The number of carbonyl (C=O) groups excluding carboxylic acids is 1. The van der Waals surface area contributed by atoms with E-state index in [0.29, 0.717) is 12.2 Å². The number of hydrogen-bond donors (Lipinski definition) is 1. The fourth-order valence-corrected chi connectivity index (χ4v) is 2.36. The first-order valence-corrected chi connectivity index (χ1v) is 6.94. The minimum atomic E-state index is -0.185. The van der Waals surface area contributed by atoms with Crippen LogP contribution in [0.4, 0.5) is 0 Å². The Morgan fingerprint density at radius 3 is 2.38 bits per heavy atom. The lowest BCUT2D eigenvalue weighted by Gasteiger charge is -2.13. The standard InChI is InChI=1S/C16H21N3O2/c1-11-7-12(2)9-14(8-11)19-13(3)10-15(17-19)16(21)18(4)5-6-20/h7-10,20H,5-6H2,1-4H3. The summed E-state index contributed by atoms with van der Waals surface area (Å²) >= 11 is 0. The van der Waals surface area contributed by atoms with Gasteiger partial charge in [0.1, 0.15) is 0 Å². The van der Waals surface area contributed by atoms with Gasteiger partial charge in [-0.05, 0) is 50.1 Å². The number of carbonyl (C=O) groups is 1. The van der Waals surface area contributed by atoms with Crippen LogP contribution in [0.3, 0.4) is 0 Å². The SMILES string of the molecule is Cc1cc(C)cc(-n2nc(C(=O)N(C)CCO)cc2C)c1. The van der Waals surface area contributed by atoms with Gasteiger partial charge in [0.15, 0.2) is 5.69 Å². The Labute approximate surface area is 124 Å². The molecule has 5 heteroatoms. The molecule has 2 rings (SSSR count). The van der Waals surface area contributed by atoms with E-state index in [1.165, 1.54) is 4.90 Å². The predicted molar refractivity (Wildman–Crippen MR) is 81.8 cm³/mol. The quantitative estimate of drug-likeness (QED) is 0.934. The van der Waals surface area contributed by atoms with Crippen molar-refractivity contribution in [1.29, 1.82) is 0 Å². The molecular weight excluding hydrogens is 266 g/mol. The summed E-state index contributed by atoms with van der Waals surface area (Å²) in [4.78, 5) is 13.7. The van der Waals surface area contributed by atoms with Crippen LogP contribution in [0.2, 0.25) is 0 Å². The minimum absolute atomic E-state index is 0.0565. The van der Waals surface area contributed by atoms with Crippen LogP contribution in [-0.2, 0) is 0 Å². The third kappa shape index (κ3) is 3.31. The summed E-state index contributed by atoms with van der Waals surface area (Å²) < 4.78 is 1.78. The van der Waals surface area contributed by atoms with Gasteiger partial charge in [0.25, 0.3) is 5.91 Å².